The van der Waals surface area contributed by atoms with Crippen molar-refractivity contribution in [1.29, 1.82) is 0 Å². The zero-order valence-corrected chi connectivity index (χ0v) is 11.6. The molecule has 3 unspecified atom stereocenters. The summed E-state index contributed by atoms with van der Waals surface area (Å²) in [5.41, 5.74) is 5.61. The minimum absolute atomic E-state index is 0.474. The number of fused-ring (bicyclic) bond motifs is 2. The first kappa shape index (κ1) is 12.2. The molecule has 1 aromatic rings. The third kappa shape index (κ3) is 2.19. The van der Waals surface area contributed by atoms with E-state index in [-0.39, 0.29) is 0 Å². The first-order chi connectivity index (χ1) is 8.63. The molecule has 0 saturated carbocycles. The SMILES string of the molecule is Cc1cc(C)c(CNC2CC3CCC2O3)cc1C. The predicted octanol–water partition coefficient (Wildman–Crippen LogP) is 3.02. The highest BCUT2D eigenvalue weighted by atomic mass is 16.5. The van der Waals surface area contributed by atoms with Crippen molar-refractivity contribution in [2.24, 2.45) is 0 Å². The van der Waals surface area contributed by atoms with Crippen LogP contribution in [0.2, 0.25) is 0 Å². The van der Waals surface area contributed by atoms with Gasteiger partial charge in [-0.3, -0.25) is 0 Å². The molecule has 0 amide bonds. The lowest BCUT2D eigenvalue weighted by molar-refractivity contribution is 0.0973. The second-order valence-electron chi connectivity index (χ2n) is 5.96. The lowest BCUT2D eigenvalue weighted by atomic mass is 9.95. The van der Waals surface area contributed by atoms with E-state index < -0.39 is 0 Å². The van der Waals surface area contributed by atoms with Gasteiger partial charge >= 0.3 is 0 Å². The molecule has 2 heteroatoms. The molecule has 2 saturated heterocycles. The topological polar surface area (TPSA) is 21.3 Å². The first-order valence-electron chi connectivity index (χ1n) is 7.09. The van der Waals surface area contributed by atoms with Gasteiger partial charge in [0.1, 0.15) is 0 Å². The lowest BCUT2D eigenvalue weighted by Gasteiger charge is -2.21. The van der Waals surface area contributed by atoms with E-state index in [1.807, 2.05) is 0 Å². The van der Waals surface area contributed by atoms with Crippen LogP contribution >= 0.6 is 0 Å². The number of benzene rings is 1. The van der Waals surface area contributed by atoms with Crippen LogP contribution in [0.1, 0.15) is 41.5 Å². The number of aryl methyl sites for hydroxylation is 3. The number of rotatable bonds is 3. The maximum atomic E-state index is 5.88. The van der Waals surface area contributed by atoms with Crippen LogP contribution in [-0.2, 0) is 11.3 Å². The van der Waals surface area contributed by atoms with Crippen molar-refractivity contribution >= 4 is 0 Å². The fraction of sp³-hybridized carbons (Fsp3) is 0.625. The summed E-state index contributed by atoms with van der Waals surface area (Å²) >= 11 is 0. The summed E-state index contributed by atoms with van der Waals surface area (Å²) in [6.45, 7) is 7.56. The molecule has 1 aromatic carbocycles. The van der Waals surface area contributed by atoms with E-state index in [9.17, 15) is 0 Å². The van der Waals surface area contributed by atoms with Gasteiger partial charge in [0.2, 0.25) is 0 Å². The molecule has 3 atom stereocenters. The fourth-order valence-corrected chi connectivity index (χ4v) is 3.30. The Morgan fingerprint density at radius 3 is 2.56 bits per heavy atom. The van der Waals surface area contributed by atoms with Gasteiger partial charge in [-0.25, -0.2) is 0 Å². The van der Waals surface area contributed by atoms with E-state index in [4.69, 9.17) is 4.74 Å². The number of hydrogen-bond acceptors (Lipinski definition) is 2. The standard InChI is InChI=1S/C16H23NO/c1-10-6-12(3)13(7-11(10)2)9-17-15-8-14-4-5-16(15)18-14/h6-7,14-17H,4-5,8-9H2,1-3H3. The van der Waals surface area contributed by atoms with Gasteiger partial charge in [-0.1, -0.05) is 12.1 Å². The molecule has 2 fully saturated rings. The first-order valence-corrected chi connectivity index (χ1v) is 7.09. The van der Waals surface area contributed by atoms with Crippen LogP contribution in [0.25, 0.3) is 0 Å². The van der Waals surface area contributed by atoms with Gasteiger partial charge in [-0.15, -0.1) is 0 Å². The van der Waals surface area contributed by atoms with Crippen molar-refractivity contribution in [2.75, 3.05) is 0 Å². The molecule has 0 aromatic heterocycles. The third-order valence-electron chi connectivity index (χ3n) is 4.61. The van der Waals surface area contributed by atoms with Gasteiger partial charge < -0.3 is 10.1 Å². The average Bonchev–Trinajstić information content (AvgIpc) is 2.94. The zero-order valence-electron chi connectivity index (χ0n) is 11.6. The van der Waals surface area contributed by atoms with Crippen molar-refractivity contribution in [3.05, 3.63) is 34.4 Å². The molecule has 0 spiro atoms. The van der Waals surface area contributed by atoms with Crippen LogP contribution in [0, 0.1) is 20.8 Å². The van der Waals surface area contributed by atoms with Crippen LogP contribution in [0.3, 0.4) is 0 Å². The molecule has 2 heterocycles. The van der Waals surface area contributed by atoms with Gasteiger partial charge in [0.15, 0.2) is 0 Å². The van der Waals surface area contributed by atoms with Crippen molar-refractivity contribution in [2.45, 2.75) is 64.8 Å². The van der Waals surface area contributed by atoms with E-state index in [0.717, 1.165) is 6.54 Å². The van der Waals surface area contributed by atoms with Crippen LogP contribution in [0.5, 0.6) is 0 Å². The lowest BCUT2D eigenvalue weighted by Crippen LogP contribution is -2.37. The fourth-order valence-electron chi connectivity index (χ4n) is 3.30. The van der Waals surface area contributed by atoms with E-state index in [1.54, 1.807) is 0 Å². The van der Waals surface area contributed by atoms with Crippen LogP contribution in [0.4, 0.5) is 0 Å². The van der Waals surface area contributed by atoms with Crippen molar-refractivity contribution < 1.29 is 4.74 Å². The van der Waals surface area contributed by atoms with Gasteiger partial charge in [-0.2, -0.15) is 0 Å². The molecular formula is C16H23NO. The Balaban J connectivity index is 1.65. The Morgan fingerprint density at radius 2 is 1.89 bits per heavy atom. The molecule has 2 nitrogen and oxygen atoms in total. The minimum Gasteiger partial charge on any atom is -0.373 e. The van der Waals surface area contributed by atoms with Gasteiger partial charge in [0.05, 0.1) is 12.2 Å². The summed E-state index contributed by atoms with van der Waals surface area (Å²) in [5, 5.41) is 3.69. The smallest absolute Gasteiger partial charge is 0.0733 e. The highest BCUT2D eigenvalue weighted by Crippen LogP contribution is 2.34. The number of ether oxygens (including phenoxy) is 1. The molecule has 2 aliphatic rings. The van der Waals surface area contributed by atoms with E-state index in [0.29, 0.717) is 18.2 Å². The molecule has 0 radical (unpaired) electrons. The Morgan fingerprint density at radius 1 is 1.11 bits per heavy atom. The van der Waals surface area contributed by atoms with Gasteiger partial charge in [0, 0.05) is 12.6 Å². The molecule has 18 heavy (non-hydrogen) atoms. The molecule has 1 N–H and O–H groups in total. The second kappa shape index (κ2) is 4.67. The van der Waals surface area contributed by atoms with E-state index >= 15 is 0 Å². The summed E-state index contributed by atoms with van der Waals surface area (Å²) in [4.78, 5) is 0. The predicted molar refractivity (Wildman–Crippen MR) is 73.8 cm³/mol. The summed E-state index contributed by atoms with van der Waals surface area (Å²) in [6.07, 6.45) is 4.73. The highest BCUT2D eigenvalue weighted by molar-refractivity contribution is 5.36. The monoisotopic (exact) mass is 245 g/mol. The Labute approximate surface area is 110 Å². The van der Waals surface area contributed by atoms with Crippen LogP contribution in [0.15, 0.2) is 12.1 Å². The molecule has 2 bridgehead atoms. The minimum atomic E-state index is 0.474. The zero-order chi connectivity index (χ0) is 12.7. The molecule has 0 aliphatic carbocycles. The van der Waals surface area contributed by atoms with Crippen molar-refractivity contribution in [3.8, 4) is 0 Å². The molecule has 3 rings (SSSR count). The summed E-state index contributed by atoms with van der Waals surface area (Å²) in [7, 11) is 0. The summed E-state index contributed by atoms with van der Waals surface area (Å²) in [6, 6.07) is 5.19. The van der Waals surface area contributed by atoms with Gasteiger partial charge in [-0.05, 0) is 62.3 Å². The third-order valence-corrected chi connectivity index (χ3v) is 4.61. The molecule has 98 valence electrons. The maximum Gasteiger partial charge on any atom is 0.0733 e. The normalized spacial score (nSPS) is 30.1. The van der Waals surface area contributed by atoms with E-state index in [1.165, 1.54) is 41.5 Å². The van der Waals surface area contributed by atoms with E-state index in [2.05, 4.69) is 38.2 Å². The Kier molecular flexibility index (Phi) is 3.16. The van der Waals surface area contributed by atoms with Crippen molar-refractivity contribution in [1.82, 2.24) is 5.32 Å². The number of nitrogens with one attached hydrogen (secondary N) is 1. The Hall–Kier alpha value is -0.860. The summed E-state index contributed by atoms with van der Waals surface area (Å²) in [5.74, 6) is 0. The van der Waals surface area contributed by atoms with Crippen LogP contribution < -0.4 is 5.32 Å². The van der Waals surface area contributed by atoms with Crippen LogP contribution in [-0.4, -0.2) is 18.2 Å². The highest BCUT2D eigenvalue weighted by Gasteiger charge is 2.40. The molecular weight excluding hydrogens is 222 g/mol. The second-order valence-corrected chi connectivity index (χ2v) is 5.96. The average molecular weight is 245 g/mol. The quantitative estimate of drug-likeness (QED) is 0.884. The van der Waals surface area contributed by atoms with Crippen molar-refractivity contribution in [3.63, 3.8) is 0 Å². The van der Waals surface area contributed by atoms with Gasteiger partial charge in [0.25, 0.3) is 0 Å². The largest absolute Gasteiger partial charge is 0.373 e. The number of hydrogen-bond donors (Lipinski definition) is 1. The summed E-state index contributed by atoms with van der Waals surface area (Å²) < 4.78 is 5.88. The molecule has 2 aliphatic heterocycles. The Bertz CT molecular complexity index is 455. The maximum absolute atomic E-state index is 5.88.